The fourth-order valence-corrected chi connectivity index (χ4v) is 4.75. The topological polar surface area (TPSA) is 53.9 Å². The minimum absolute atomic E-state index is 0.306. The number of nitrogens with one attached hydrogen (secondary N) is 1. The Balaban J connectivity index is 1.62. The molecule has 3 atom stereocenters. The van der Waals surface area contributed by atoms with Crippen LogP contribution in [0.1, 0.15) is 70.5 Å². The van der Waals surface area contributed by atoms with Crippen molar-refractivity contribution in [1.29, 1.82) is 0 Å². The quantitative estimate of drug-likeness (QED) is 0.838. The maximum atomic E-state index is 12.8. The van der Waals surface area contributed by atoms with Gasteiger partial charge in [0.1, 0.15) is 5.82 Å². The van der Waals surface area contributed by atoms with Crippen LogP contribution in [0, 0.1) is 16.6 Å². The van der Waals surface area contributed by atoms with Gasteiger partial charge in [0.25, 0.3) is 0 Å². The number of H-pyrrole nitrogens is 1. The predicted molar refractivity (Wildman–Crippen MR) is 97.4 cm³/mol. The molecule has 1 aliphatic carbocycles. The first-order valence-corrected chi connectivity index (χ1v) is 9.92. The van der Waals surface area contributed by atoms with Gasteiger partial charge < -0.3 is 9.47 Å². The Morgan fingerprint density at radius 3 is 2.92 bits per heavy atom. The Labute approximate surface area is 149 Å². The molecule has 2 fully saturated rings. The molecule has 1 saturated carbocycles. The van der Waals surface area contributed by atoms with E-state index in [1.165, 1.54) is 25.7 Å². The van der Waals surface area contributed by atoms with Gasteiger partial charge in [0.2, 0.25) is 5.91 Å². The highest BCUT2D eigenvalue weighted by molar-refractivity contribution is 7.71. The molecule has 3 rings (SSSR count). The minimum Gasteiger partial charge on any atom is -0.342 e. The molecule has 0 spiro atoms. The van der Waals surface area contributed by atoms with Gasteiger partial charge in [-0.25, -0.2) is 0 Å². The number of carbonyl (C=O) groups excluding carboxylic acids is 1. The minimum atomic E-state index is 0.306. The van der Waals surface area contributed by atoms with E-state index in [1.807, 2.05) is 0 Å². The third-order valence-electron chi connectivity index (χ3n) is 5.75. The zero-order valence-corrected chi connectivity index (χ0v) is 15.8. The molecule has 134 valence electrons. The van der Waals surface area contributed by atoms with E-state index in [1.54, 1.807) is 0 Å². The van der Waals surface area contributed by atoms with Crippen LogP contribution in [-0.2, 0) is 11.3 Å². The standard InChI is InChI=1S/C18H30N4OS/c1-3-22-17(19-20-18(22)24)15-8-5-9-21(12-15)16(23)11-14-7-4-6-13(2)10-14/h13-15H,3-12H2,1-2H3,(H,20,24)/t13-,14-,15+/m0/s1. The molecule has 1 aromatic rings. The van der Waals surface area contributed by atoms with E-state index in [2.05, 4.69) is 33.5 Å². The average molecular weight is 351 g/mol. The van der Waals surface area contributed by atoms with Gasteiger partial charge in [0, 0.05) is 32.0 Å². The van der Waals surface area contributed by atoms with Crippen molar-refractivity contribution in [2.75, 3.05) is 13.1 Å². The van der Waals surface area contributed by atoms with Gasteiger partial charge in [-0.2, -0.15) is 5.10 Å². The van der Waals surface area contributed by atoms with Crippen LogP contribution in [0.25, 0.3) is 0 Å². The van der Waals surface area contributed by atoms with E-state index >= 15 is 0 Å². The number of carbonyl (C=O) groups is 1. The molecule has 1 aliphatic heterocycles. The van der Waals surface area contributed by atoms with E-state index in [9.17, 15) is 4.79 Å². The van der Waals surface area contributed by atoms with Crippen LogP contribution in [0.3, 0.4) is 0 Å². The molecule has 0 unspecified atom stereocenters. The zero-order valence-electron chi connectivity index (χ0n) is 15.0. The molecular weight excluding hydrogens is 320 g/mol. The Bertz CT molecular complexity index is 623. The van der Waals surface area contributed by atoms with Crippen LogP contribution < -0.4 is 0 Å². The van der Waals surface area contributed by atoms with Crippen LogP contribution >= 0.6 is 12.2 Å². The highest BCUT2D eigenvalue weighted by Crippen LogP contribution is 2.32. The maximum Gasteiger partial charge on any atom is 0.222 e. The highest BCUT2D eigenvalue weighted by Gasteiger charge is 2.30. The van der Waals surface area contributed by atoms with Crippen LogP contribution in [0.15, 0.2) is 0 Å². The molecular formula is C18H30N4OS. The van der Waals surface area contributed by atoms with Crippen LogP contribution in [0.5, 0.6) is 0 Å². The number of likely N-dealkylation sites (tertiary alicyclic amines) is 1. The van der Waals surface area contributed by atoms with E-state index in [-0.39, 0.29) is 0 Å². The fraction of sp³-hybridized carbons (Fsp3) is 0.833. The van der Waals surface area contributed by atoms with E-state index in [0.29, 0.717) is 22.5 Å². The predicted octanol–water partition coefficient (Wildman–Crippen LogP) is 3.88. The zero-order chi connectivity index (χ0) is 17.1. The molecule has 6 heteroatoms. The number of aromatic nitrogens is 3. The second-order valence-electron chi connectivity index (χ2n) is 7.65. The Kier molecular flexibility index (Phi) is 5.74. The monoisotopic (exact) mass is 350 g/mol. The number of hydrogen-bond donors (Lipinski definition) is 1. The van der Waals surface area contributed by atoms with Crippen molar-refractivity contribution in [2.24, 2.45) is 11.8 Å². The SMILES string of the molecule is CCn1c([C@@H]2CCCN(C(=O)C[C@H]3CCC[C@H](C)C3)C2)n[nH]c1=S. The second-order valence-corrected chi connectivity index (χ2v) is 8.04. The van der Waals surface area contributed by atoms with Gasteiger partial charge in [-0.1, -0.05) is 19.8 Å². The number of nitrogens with zero attached hydrogens (tertiary/aromatic N) is 3. The number of hydrogen-bond acceptors (Lipinski definition) is 3. The van der Waals surface area contributed by atoms with Gasteiger partial charge in [-0.3, -0.25) is 9.89 Å². The van der Waals surface area contributed by atoms with Crippen molar-refractivity contribution in [3.8, 4) is 0 Å². The molecule has 0 bridgehead atoms. The van der Waals surface area contributed by atoms with Gasteiger partial charge in [0.15, 0.2) is 4.77 Å². The molecule has 1 amide bonds. The number of piperidine rings is 1. The van der Waals surface area contributed by atoms with Gasteiger partial charge in [0.05, 0.1) is 0 Å². The summed E-state index contributed by atoms with van der Waals surface area (Å²) in [4.78, 5) is 14.9. The fourth-order valence-electron chi connectivity index (χ4n) is 4.48. The molecule has 1 aromatic heterocycles. The summed E-state index contributed by atoms with van der Waals surface area (Å²) < 4.78 is 2.75. The van der Waals surface area contributed by atoms with Crippen molar-refractivity contribution in [3.05, 3.63) is 10.6 Å². The van der Waals surface area contributed by atoms with Crippen molar-refractivity contribution in [1.82, 2.24) is 19.7 Å². The maximum absolute atomic E-state index is 12.8. The van der Waals surface area contributed by atoms with E-state index < -0.39 is 0 Å². The van der Waals surface area contributed by atoms with Crippen molar-refractivity contribution < 1.29 is 4.79 Å². The van der Waals surface area contributed by atoms with Crippen molar-refractivity contribution in [3.63, 3.8) is 0 Å². The van der Waals surface area contributed by atoms with Gasteiger partial charge >= 0.3 is 0 Å². The first-order valence-electron chi connectivity index (χ1n) is 9.51. The summed E-state index contributed by atoms with van der Waals surface area (Å²) in [5, 5.41) is 7.35. The number of amides is 1. The van der Waals surface area contributed by atoms with Crippen LogP contribution in [0.4, 0.5) is 0 Å². The summed E-state index contributed by atoms with van der Waals surface area (Å²) in [5.41, 5.74) is 0. The first-order chi connectivity index (χ1) is 11.6. The Morgan fingerprint density at radius 1 is 1.33 bits per heavy atom. The van der Waals surface area contributed by atoms with Crippen molar-refractivity contribution >= 4 is 18.1 Å². The average Bonchev–Trinajstić information content (AvgIpc) is 2.95. The summed E-state index contributed by atoms with van der Waals surface area (Å²) in [6, 6.07) is 0. The first kappa shape index (κ1) is 17.6. The highest BCUT2D eigenvalue weighted by atomic mass is 32.1. The lowest BCUT2D eigenvalue weighted by atomic mass is 9.80. The smallest absolute Gasteiger partial charge is 0.222 e. The lowest BCUT2D eigenvalue weighted by Gasteiger charge is -2.34. The third kappa shape index (κ3) is 3.90. The molecule has 2 heterocycles. The normalized spacial score (nSPS) is 28.1. The Morgan fingerprint density at radius 2 is 2.17 bits per heavy atom. The van der Waals surface area contributed by atoms with Crippen molar-refractivity contribution in [2.45, 2.75) is 71.3 Å². The molecule has 0 aromatic carbocycles. The second kappa shape index (κ2) is 7.81. The largest absolute Gasteiger partial charge is 0.342 e. The van der Waals surface area contributed by atoms with Gasteiger partial charge in [-0.05, 0) is 56.7 Å². The molecule has 2 aliphatic rings. The van der Waals surface area contributed by atoms with E-state index in [0.717, 1.165) is 50.6 Å². The van der Waals surface area contributed by atoms with Gasteiger partial charge in [-0.15, -0.1) is 0 Å². The molecule has 1 N–H and O–H groups in total. The molecule has 24 heavy (non-hydrogen) atoms. The van der Waals surface area contributed by atoms with Crippen LogP contribution in [0.2, 0.25) is 0 Å². The summed E-state index contributed by atoms with van der Waals surface area (Å²) in [6.45, 7) is 6.93. The molecule has 1 saturated heterocycles. The lowest BCUT2D eigenvalue weighted by molar-refractivity contribution is -0.133. The summed E-state index contributed by atoms with van der Waals surface area (Å²) in [7, 11) is 0. The summed E-state index contributed by atoms with van der Waals surface area (Å²) in [5.74, 6) is 3.04. The number of aromatic amines is 1. The lowest BCUT2D eigenvalue weighted by Crippen LogP contribution is -2.40. The van der Waals surface area contributed by atoms with E-state index in [4.69, 9.17) is 12.2 Å². The summed E-state index contributed by atoms with van der Waals surface area (Å²) in [6.07, 6.45) is 7.94. The number of rotatable bonds is 4. The Hall–Kier alpha value is -1.17. The molecule has 5 nitrogen and oxygen atoms in total. The third-order valence-corrected chi connectivity index (χ3v) is 6.06. The van der Waals surface area contributed by atoms with Crippen LogP contribution in [-0.4, -0.2) is 38.7 Å². The summed E-state index contributed by atoms with van der Waals surface area (Å²) >= 11 is 5.31. The molecule has 0 radical (unpaired) electrons.